The Balaban J connectivity index is 1.66. The topological polar surface area (TPSA) is 27.1 Å². The third kappa shape index (κ3) is 3.22. The van der Waals surface area contributed by atoms with Crippen molar-refractivity contribution < 1.29 is 4.74 Å². The molecule has 2 aliphatic rings. The molecule has 1 heterocycles. The van der Waals surface area contributed by atoms with E-state index in [1.54, 1.807) is 12.7 Å². The van der Waals surface area contributed by atoms with E-state index < -0.39 is 0 Å². The van der Waals surface area contributed by atoms with Crippen molar-refractivity contribution in [2.45, 2.75) is 51.9 Å². The molecule has 0 aliphatic heterocycles. The summed E-state index contributed by atoms with van der Waals surface area (Å²) in [6.45, 7) is 2.42. The lowest BCUT2D eigenvalue weighted by molar-refractivity contribution is 0.233. The average Bonchev–Trinajstić information content (AvgIpc) is 3.18. The zero-order valence-corrected chi connectivity index (χ0v) is 13.2. The van der Waals surface area contributed by atoms with Crippen molar-refractivity contribution in [3.8, 4) is 0 Å². The maximum Gasteiger partial charge on any atom is 0.0989 e. The molecular formula is C18H26N2O. The summed E-state index contributed by atoms with van der Waals surface area (Å²) in [4.78, 5) is 4.20. The van der Waals surface area contributed by atoms with Crippen molar-refractivity contribution in [1.29, 1.82) is 0 Å². The number of rotatable bonds is 5. The Bertz CT molecular complexity index is 527. The first-order chi connectivity index (χ1) is 10.3. The van der Waals surface area contributed by atoms with Gasteiger partial charge in [-0.3, -0.25) is 0 Å². The Labute approximate surface area is 127 Å². The fourth-order valence-electron chi connectivity index (χ4n) is 3.83. The minimum atomic E-state index is 0.756. The van der Waals surface area contributed by atoms with Gasteiger partial charge in [0.2, 0.25) is 0 Å². The van der Waals surface area contributed by atoms with Crippen LogP contribution in [0.3, 0.4) is 0 Å². The summed E-state index contributed by atoms with van der Waals surface area (Å²) in [5.41, 5.74) is 3.16. The predicted molar refractivity (Wildman–Crippen MR) is 85.5 cm³/mol. The third-order valence-corrected chi connectivity index (χ3v) is 5.16. The molecule has 0 aromatic carbocycles. The van der Waals surface area contributed by atoms with Gasteiger partial charge < -0.3 is 9.30 Å². The van der Waals surface area contributed by atoms with Gasteiger partial charge in [-0.2, -0.15) is 0 Å². The summed E-state index contributed by atoms with van der Waals surface area (Å²) in [7, 11) is 1.79. The van der Waals surface area contributed by atoms with E-state index in [-0.39, 0.29) is 0 Å². The van der Waals surface area contributed by atoms with E-state index in [0.717, 1.165) is 18.3 Å². The molecule has 0 bridgehead atoms. The third-order valence-electron chi connectivity index (χ3n) is 5.16. The van der Waals surface area contributed by atoms with E-state index in [1.165, 1.54) is 50.0 Å². The average molecular weight is 286 g/mol. The zero-order chi connectivity index (χ0) is 14.7. The van der Waals surface area contributed by atoms with Crippen LogP contribution in [-0.2, 0) is 4.74 Å². The lowest BCUT2D eigenvalue weighted by Gasteiger charge is -2.27. The molecule has 1 aromatic rings. The Morgan fingerprint density at radius 3 is 2.95 bits per heavy atom. The summed E-state index contributed by atoms with van der Waals surface area (Å²) >= 11 is 0. The van der Waals surface area contributed by atoms with E-state index in [1.807, 2.05) is 12.5 Å². The number of imidazole rings is 1. The number of aromatic nitrogens is 2. The maximum atomic E-state index is 5.36. The standard InChI is InChI=1S/C18H26N2O/c1-14(15-6-8-17(21-2)9-7-15)12-16-4-3-5-18(16)20-11-10-19-13-20/h8,10-11,13-15H,3-7,9,12H2,1-2H3. The van der Waals surface area contributed by atoms with Gasteiger partial charge in [0.1, 0.15) is 0 Å². The van der Waals surface area contributed by atoms with Gasteiger partial charge in [-0.05, 0) is 56.4 Å². The van der Waals surface area contributed by atoms with E-state index in [9.17, 15) is 0 Å². The quantitative estimate of drug-likeness (QED) is 0.788. The molecular weight excluding hydrogens is 260 g/mol. The summed E-state index contributed by atoms with van der Waals surface area (Å²) in [6, 6.07) is 0. The first-order valence-corrected chi connectivity index (χ1v) is 8.20. The Kier molecular flexibility index (Phi) is 4.47. The zero-order valence-electron chi connectivity index (χ0n) is 13.2. The summed E-state index contributed by atoms with van der Waals surface area (Å²) < 4.78 is 7.58. The lowest BCUT2D eigenvalue weighted by atomic mass is 9.80. The number of hydrogen-bond acceptors (Lipinski definition) is 2. The molecule has 114 valence electrons. The molecule has 1 aromatic heterocycles. The largest absolute Gasteiger partial charge is 0.501 e. The minimum absolute atomic E-state index is 0.756. The molecule has 0 fully saturated rings. The molecule has 2 atom stereocenters. The highest BCUT2D eigenvalue weighted by molar-refractivity contribution is 5.53. The van der Waals surface area contributed by atoms with Gasteiger partial charge in [-0.25, -0.2) is 4.98 Å². The number of nitrogens with zero attached hydrogens (tertiary/aromatic N) is 2. The minimum Gasteiger partial charge on any atom is -0.501 e. The second-order valence-electron chi connectivity index (χ2n) is 6.46. The predicted octanol–water partition coefficient (Wildman–Crippen LogP) is 4.63. The molecule has 0 saturated carbocycles. The van der Waals surface area contributed by atoms with Crippen LogP contribution in [0.1, 0.15) is 51.9 Å². The summed E-state index contributed by atoms with van der Waals surface area (Å²) in [5, 5.41) is 0. The Morgan fingerprint density at radius 1 is 1.38 bits per heavy atom. The van der Waals surface area contributed by atoms with Crippen LogP contribution in [0.5, 0.6) is 0 Å². The molecule has 3 heteroatoms. The molecule has 0 radical (unpaired) electrons. The summed E-state index contributed by atoms with van der Waals surface area (Å²) in [6.07, 6.45) is 16.8. The fourth-order valence-corrected chi connectivity index (χ4v) is 3.83. The van der Waals surface area contributed by atoms with Gasteiger partial charge in [-0.1, -0.05) is 12.5 Å². The molecule has 3 nitrogen and oxygen atoms in total. The van der Waals surface area contributed by atoms with Crippen LogP contribution in [0, 0.1) is 11.8 Å². The number of hydrogen-bond donors (Lipinski definition) is 0. The highest BCUT2D eigenvalue weighted by Gasteiger charge is 2.24. The second-order valence-corrected chi connectivity index (χ2v) is 6.46. The lowest BCUT2D eigenvalue weighted by Crippen LogP contribution is -2.16. The van der Waals surface area contributed by atoms with Crippen molar-refractivity contribution in [3.05, 3.63) is 36.1 Å². The van der Waals surface area contributed by atoms with Crippen molar-refractivity contribution in [3.63, 3.8) is 0 Å². The van der Waals surface area contributed by atoms with E-state index >= 15 is 0 Å². The van der Waals surface area contributed by atoms with Crippen LogP contribution in [0.2, 0.25) is 0 Å². The van der Waals surface area contributed by atoms with Crippen molar-refractivity contribution in [2.75, 3.05) is 7.11 Å². The van der Waals surface area contributed by atoms with Gasteiger partial charge in [0, 0.05) is 24.5 Å². The number of ether oxygens (including phenoxy) is 1. The monoisotopic (exact) mass is 286 g/mol. The van der Waals surface area contributed by atoms with Crippen LogP contribution < -0.4 is 0 Å². The molecule has 21 heavy (non-hydrogen) atoms. The Hall–Kier alpha value is -1.51. The van der Waals surface area contributed by atoms with Crippen LogP contribution in [0.4, 0.5) is 0 Å². The number of allylic oxidation sites excluding steroid dienone is 4. The number of methoxy groups -OCH3 is 1. The highest BCUT2D eigenvalue weighted by Crippen LogP contribution is 2.38. The van der Waals surface area contributed by atoms with E-state index in [4.69, 9.17) is 4.74 Å². The SMILES string of the molecule is COC1=CCC(C(C)CC2=C(n3ccnc3)CCC2)CC1. The van der Waals surface area contributed by atoms with Crippen molar-refractivity contribution >= 4 is 5.70 Å². The van der Waals surface area contributed by atoms with Crippen LogP contribution in [0.15, 0.2) is 36.1 Å². The smallest absolute Gasteiger partial charge is 0.0989 e. The van der Waals surface area contributed by atoms with Gasteiger partial charge in [0.25, 0.3) is 0 Å². The summed E-state index contributed by atoms with van der Waals surface area (Å²) in [5.74, 6) is 2.74. The van der Waals surface area contributed by atoms with Gasteiger partial charge >= 0.3 is 0 Å². The van der Waals surface area contributed by atoms with Crippen LogP contribution >= 0.6 is 0 Å². The molecule has 3 rings (SSSR count). The fraction of sp³-hybridized carbons (Fsp3) is 0.611. The molecule has 0 saturated heterocycles. The van der Waals surface area contributed by atoms with Gasteiger partial charge in [0.15, 0.2) is 0 Å². The molecule has 0 N–H and O–H groups in total. The Morgan fingerprint density at radius 2 is 2.29 bits per heavy atom. The molecule has 0 amide bonds. The van der Waals surface area contributed by atoms with Gasteiger partial charge in [-0.15, -0.1) is 0 Å². The second kappa shape index (κ2) is 6.50. The first-order valence-electron chi connectivity index (χ1n) is 8.20. The van der Waals surface area contributed by atoms with Crippen molar-refractivity contribution in [2.24, 2.45) is 11.8 Å². The first kappa shape index (κ1) is 14.4. The van der Waals surface area contributed by atoms with Gasteiger partial charge in [0.05, 0.1) is 19.2 Å². The highest BCUT2D eigenvalue weighted by atomic mass is 16.5. The molecule has 2 unspecified atom stereocenters. The maximum absolute atomic E-state index is 5.36. The molecule has 2 aliphatic carbocycles. The molecule has 0 spiro atoms. The van der Waals surface area contributed by atoms with Crippen LogP contribution in [-0.4, -0.2) is 16.7 Å². The normalized spacial score (nSPS) is 24.1. The van der Waals surface area contributed by atoms with E-state index in [2.05, 4.69) is 28.7 Å². The van der Waals surface area contributed by atoms with Crippen molar-refractivity contribution in [1.82, 2.24) is 9.55 Å². The van der Waals surface area contributed by atoms with E-state index in [0.29, 0.717) is 0 Å². The van der Waals surface area contributed by atoms with Crippen LogP contribution in [0.25, 0.3) is 5.70 Å².